The van der Waals surface area contributed by atoms with Gasteiger partial charge in [0.05, 0.1) is 10.6 Å². The van der Waals surface area contributed by atoms with Gasteiger partial charge in [0.25, 0.3) is 0 Å². The Bertz CT molecular complexity index is 1090. The first kappa shape index (κ1) is 17.8. The van der Waals surface area contributed by atoms with Crippen LogP contribution in [0.15, 0.2) is 59.8 Å². The van der Waals surface area contributed by atoms with E-state index in [0.717, 1.165) is 23.6 Å². The highest BCUT2D eigenvalue weighted by molar-refractivity contribution is 7.89. The third-order valence-corrected chi connectivity index (χ3v) is 6.70. The van der Waals surface area contributed by atoms with Gasteiger partial charge in [0.15, 0.2) is 0 Å². The highest BCUT2D eigenvalue weighted by atomic mass is 32.2. The Balaban J connectivity index is 1.59. The van der Waals surface area contributed by atoms with E-state index in [2.05, 4.69) is 4.98 Å². The van der Waals surface area contributed by atoms with Gasteiger partial charge in [0.1, 0.15) is 11.6 Å². The molecule has 1 fully saturated rings. The van der Waals surface area contributed by atoms with Gasteiger partial charge in [0, 0.05) is 55.4 Å². The quantitative estimate of drug-likeness (QED) is 0.691. The molecular formula is C19H17F2N3O2S. The van der Waals surface area contributed by atoms with Gasteiger partial charge in [-0.3, -0.25) is 4.98 Å². The van der Waals surface area contributed by atoms with E-state index >= 15 is 0 Å². The van der Waals surface area contributed by atoms with Crippen LogP contribution in [0.3, 0.4) is 0 Å². The molecule has 8 heteroatoms. The van der Waals surface area contributed by atoms with Gasteiger partial charge in [-0.2, -0.15) is 4.31 Å². The smallest absolute Gasteiger partial charge is 0.243 e. The van der Waals surface area contributed by atoms with E-state index in [0.29, 0.717) is 5.39 Å². The zero-order valence-corrected chi connectivity index (χ0v) is 15.2. The van der Waals surface area contributed by atoms with E-state index in [1.807, 2.05) is 6.07 Å². The Labute approximate surface area is 155 Å². The Morgan fingerprint density at radius 2 is 1.74 bits per heavy atom. The predicted octanol–water partition coefficient (Wildman–Crippen LogP) is 3.02. The highest BCUT2D eigenvalue weighted by Crippen LogP contribution is 2.27. The number of rotatable bonds is 3. The fourth-order valence-electron chi connectivity index (χ4n) is 3.35. The number of aromatic nitrogens is 1. The molecule has 0 atom stereocenters. The Kier molecular flexibility index (Phi) is 4.53. The molecule has 5 nitrogen and oxygen atoms in total. The van der Waals surface area contributed by atoms with E-state index in [-0.39, 0.29) is 36.8 Å². The van der Waals surface area contributed by atoms with Gasteiger partial charge in [-0.15, -0.1) is 0 Å². The Morgan fingerprint density at radius 1 is 0.963 bits per heavy atom. The largest absolute Gasteiger partial charge is 0.366 e. The van der Waals surface area contributed by atoms with Crippen molar-refractivity contribution in [2.45, 2.75) is 4.90 Å². The number of fused-ring (bicyclic) bond motifs is 1. The number of nitrogens with zero attached hydrogens (tertiary/aromatic N) is 3. The van der Waals surface area contributed by atoms with Crippen LogP contribution in [0.5, 0.6) is 0 Å². The fourth-order valence-corrected chi connectivity index (χ4v) is 4.99. The molecular weight excluding hydrogens is 372 g/mol. The third kappa shape index (κ3) is 3.26. The zero-order valence-electron chi connectivity index (χ0n) is 14.3. The summed E-state index contributed by atoms with van der Waals surface area (Å²) in [6.45, 7) is 0.956. The molecule has 1 aromatic heterocycles. The third-order valence-electron chi connectivity index (χ3n) is 4.75. The number of pyridine rings is 1. The van der Waals surface area contributed by atoms with Crippen LogP contribution in [0.1, 0.15) is 0 Å². The fraction of sp³-hybridized carbons (Fsp3) is 0.211. The van der Waals surface area contributed by atoms with Crippen molar-refractivity contribution in [3.63, 3.8) is 0 Å². The second kappa shape index (κ2) is 6.86. The number of sulfonamides is 1. The van der Waals surface area contributed by atoms with Crippen LogP contribution in [-0.4, -0.2) is 43.9 Å². The van der Waals surface area contributed by atoms with Gasteiger partial charge < -0.3 is 4.90 Å². The summed E-state index contributed by atoms with van der Waals surface area (Å²) in [4.78, 5) is 5.92. The number of piperazine rings is 1. The van der Waals surface area contributed by atoms with E-state index in [1.165, 1.54) is 4.31 Å². The molecule has 27 heavy (non-hydrogen) atoms. The monoisotopic (exact) mass is 389 g/mol. The molecule has 1 saturated heterocycles. The lowest BCUT2D eigenvalue weighted by Crippen LogP contribution is -2.49. The molecule has 0 saturated carbocycles. The van der Waals surface area contributed by atoms with Gasteiger partial charge in [-0.25, -0.2) is 17.2 Å². The van der Waals surface area contributed by atoms with Crippen LogP contribution in [-0.2, 0) is 10.0 Å². The number of hydrogen-bond acceptors (Lipinski definition) is 4. The van der Waals surface area contributed by atoms with Crippen molar-refractivity contribution in [2.24, 2.45) is 0 Å². The van der Waals surface area contributed by atoms with E-state index in [4.69, 9.17) is 0 Å². The van der Waals surface area contributed by atoms with Gasteiger partial charge in [-0.05, 0) is 24.3 Å². The molecule has 1 aliphatic rings. The lowest BCUT2D eigenvalue weighted by Gasteiger charge is -2.35. The van der Waals surface area contributed by atoms with Crippen molar-refractivity contribution in [2.75, 3.05) is 31.1 Å². The molecule has 4 rings (SSSR count). The molecule has 2 aromatic carbocycles. The lowest BCUT2D eigenvalue weighted by molar-refractivity contribution is 0.383. The number of anilines is 1. The van der Waals surface area contributed by atoms with E-state index in [1.54, 1.807) is 35.5 Å². The zero-order chi connectivity index (χ0) is 19.0. The molecule has 0 aliphatic carbocycles. The maximum Gasteiger partial charge on any atom is 0.243 e. The SMILES string of the molecule is O=S(=O)(c1cccc2cnccc12)N1CCN(c2cc(F)ccc2F)CC1. The van der Waals surface area contributed by atoms with Crippen molar-refractivity contribution >= 4 is 26.5 Å². The van der Waals surface area contributed by atoms with Crippen LogP contribution < -0.4 is 4.90 Å². The molecule has 0 amide bonds. The number of hydrogen-bond donors (Lipinski definition) is 0. The summed E-state index contributed by atoms with van der Waals surface area (Å²) in [6, 6.07) is 10.0. The van der Waals surface area contributed by atoms with Crippen molar-refractivity contribution in [1.82, 2.24) is 9.29 Å². The predicted molar refractivity (Wildman–Crippen MR) is 99.1 cm³/mol. The summed E-state index contributed by atoms with van der Waals surface area (Å²) in [5.74, 6) is -1.04. The van der Waals surface area contributed by atoms with Crippen LogP contribution in [0.25, 0.3) is 10.8 Å². The first-order chi connectivity index (χ1) is 13.0. The maximum absolute atomic E-state index is 14.0. The summed E-state index contributed by atoms with van der Waals surface area (Å²) >= 11 is 0. The highest BCUT2D eigenvalue weighted by Gasteiger charge is 2.30. The molecule has 0 unspecified atom stereocenters. The number of halogens is 2. The average molecular weight is 389 g/mol. The topological polar surface area (TPSA) is 53.5 Å². The van der Waals surface area contributed by atoms with Crippen molar-refractivity contribution < 1.29 is 17.2 Å². The molecule has 140 valence electrons. The second-order valence-electron chi connectivity index (χ2n) is 6.34. The average Bonchev–Trinajstić information content (AvgIpc) is 2.69. The molecule has 0 bridgehead atoms. The lowest BCUT2D eigenvalue weighted by atomic mass is 10.2. The molecule has 1 aliphatic heterocycles. The second-order valence-corrected chi connectivity index (χ2v) is 8.25. The van der Waals surface area contributed by atoms with Crippen molar-refractivity contribution in [3.05, 3.63) is 66.5 Å². The first-order valence-corrected chi connectivity index (χ1v) is 9.94. The maximum atomic E-state index is 14.0. The van der Waals surface area contributed by atoms with Crippen molar-refractivity contribution in [3.8, 4) is 0 Å². The summed E-state index contributed by atoms with van der Waals surface area (Å²) in [5.41, 5.74) is 0.156. The Morgan fingerprint density at radius 3 is 2.52 bits per heavy atom. The summed E-state index contributed by atoms with van der Waals surface area (Å²) < 4.78 is 55.0. The molecule has 2 heterocycles. The molecule has 3 aromatic rings. The summed E-state index contributed by atoms with van der Waals surface area (Å²) in [7, 11) is -3.70. The van der Waals surface area contributed by atoms with Gasteiger partial charge in [-0.1, -0.05) is 12.1 Å². The minimum Gasteiger partial charge on any atom is -0.366 e. The van der Waals surface area contributed by atoms with E-state index in [9.17, 15) is 17.2 Å². The summed E-state index contributed by atoms with van der Waals surface area (Å²) in [6.07, 6.45) is 3.19. The molecule has 0 spiro atoms. The van der Waals surface area contributed by atoms with E-state index < -0.39 is 21.7 Å². The van der Waals surface area contributed by atoms with Crippen LogP contribution in [0.2, 0.25) is 0 Å². The van der Waals surface area contributed by atoms with Crippen LogP contribution in [0.4, 0.5) is 14.5 Å². The van der Waals surface area contributed by atoms with Gasteiger partial charge >= 0.3 is 0 Å². The van der Waals surface area contributed by atoms with Crippen molar-refractivity contribution in [1.29, 1.82) is 0 Å². The van der Waals surface area contributed by atoms with Crippen LogP contribution >= 0.6 is 0 Å². The van der Waals surface area contributed by atoms with Crippen LogP contribution in [0, 0.1) is 11.6 Å². The number of benzene rings is 2. The first-order valence-electron chi connectivity index (χ1n) is 8.50. The van der Waals surface area contributed by atoms with Gasteiger partial charge in [0.2, 0.25) is 10.0 Å². The standard InChI is InChI=1S/C19H17F2N3O2S/c20-15-4-5-17(21)18(12-15)23-8-10-24(11-9-23)27(25,26)19-3-1-2-14-13-22-7-6-16(14)19/h1-7,12-13H,8-11H2. The normalized spacial score (nSPS) is 16.0. The minimum absolute atomic E-state index is 0.156. The minimum atomic E-state index is -3.70. The Hall–Kier alpha value is -2.58. The summed E-state index contributed by atoms with van der Waals surface area (Å²) in [5, 5.41) is 1.37. The molecule has 0 radical (unpaired) electrons. The molecule has 0 N–H and O–H groups in total.